The fourth-order valence-corrected chi connectivity index (χ4v) is 4.74. The Bertz CT molecular complexity index is 815. The van der Waals surface area contributed by atoms with Crippen LogP contribution >= 0.6 is 11.3 Å². The van der Waals surface area contributed by atoms with Crippen molar-refractivity contribution in [2.75, 3.05) is 13.1 Å². The van der Waals surface area contributed by atoms with Gasteiger partial charge in [0, 0.05) is 38.0 Å². The number of hydrogen-bond donors (Lipinski definition) is 1. The van der Waals surface area contributed by atoms with Gasteiger partial charge in [-0.1, -0.05) is 30.6 Å². The molecule has 0 spiro atoms. The molecule has 5 nitrogen and oxygen atoms in total. The predicted molar refractivity (Wildman–Crippen MR) is 100 cm³/mol. The molecule has 8 heteroatoms. The summed E-state index contributed by atoms with van der Waals surface area (Å²) >= 11 is 1.14. The summed E-state index contributed by atoms with van der Waals surface area (Å²) in [5.41, 5.74) is 0.140. The van der Waals surface area contributed by atoms with E-state index in [0.29, 0.717) is 41.9 Å². The summed E-state index contributed by atoms with van der Waals surface area (Å²) in [4.78, 5) is 18.4. The summed E-state index contributed by atoms with van der Waals surface area (Å²) in [6, 6.07) is 2.41. The molecule has 1 saturated carbocycles. The van der Waals surface area contributed by atoms with Crippen LogP contribution in [-0.4, -0.2) is 41.2 Å². The first-order valence-electron chi connectivity index (χ1n) is 9.56. The number of rotatable bonds is 3. The number of carbonyl (C=O) groups excluding carboxylic acids is 1. The number of aromatic nitrogens is 1. The highest BCUT2D eigenvalue weighted by molar-refractivity contribution is 7.20. The third-order valence-corrected chi connectivity index (χ3v) is 6.22. The number of ether oxygens (including phenoxy) is 1. The minimum Gasteiger partial charge on any atom is -0.467 e. The van der Waals surface area contributed by atoms with Crippen LogP contribution < -0.4 is 10.1 Å². The van der Waals surface area contributed by atoms with Crippen molar-refractivity contribution in [3.63, 3.8) is 0 Å². The summed E-state index contributed by atoms with van der Waals surface area (Å²) in [6.45, 7) is 1.24. The molecule has 1 aliphatic heterocycles. The van der Waals surface area contributed by atoms with Crippen molar-refractivity contribution in [1.82, 2.24) is 15.2 Å². The van der Waals surface area contributed by atoms with Crippen molar-refractivity contribution in [3.8, 4) is 5.19 Å². The molecule has 1 N–H and O–H groups in total. The molecule has 1 aliphatic carbocycles. The zero-order valence-electron chi connectivity index (χ0n) is 15.0. The van der Waals surface area contributed by atoms with Gasteiger partial charge in [-0.25, -0.2) is 13.6 Å². The Hall–Kier alpha value is -1.96. The van der Waals surface area contributed by atoms with Crippen LogP contribution in [0.5, 0.6) is 5.19 Å². The van der Waals surface area contributed by atoms with E-state index in [1.807, 2.05) is 4.90 Å². The lowest BCUT2D eigenvalue weighted by Gasteiger charge is -2.33. The minimum absolute atomic E-state index is 0.0119. The van der Waals surface area contributed by atoms with Crippen molar-refractivity contribution in [2.24, 2.45) is 0 Å². The fourth-order valence-electron chi connectivity index (χ4n) is 3.82. The SMILES string of the molecule is O=C(NC1CCCCC1)N1CCC(Oc2nc3c(F)cc(F)cc3s2)CC1. The normalized spacial score (nSPS) is 19.4. The van der Waals surface area contributed by atoms with Gasteiger partial charge in [0.15, 0.2) is 5.82 Å². The summed E-state index contributed by atoms with van der Waals surface area (Å²) in [6.07, 6.45) is 7.10. The molecule has 1 aromatic carbocycles. The number of carbonyl (C=O) groups is 1. The van der Waals surface area contributed by atoms with Crippen LogP contribution in [0.15, 0.2) is 12.1 Å². The van der Waals surface area contributed by atoms with Crippen LogP contribution in [0.1, 0.15) is 44.9 Å². The second-order valence-electron chi connectivity index (χ2n) is 7.30. The van der Waals surface area contributed by atoms with E-state index in [1.165, 1.54) is 25.3 Å². The van der Waals surface area contributed by atoms with E-state index in [2.05, 4.69) is 10.3 Å². The molecular weight excluding hydrogens is 372 g/mol. The first-order chi connectivity index (χ1) is 13.1. The number of benzene rings is 1. The third kappa shape index (κ3) is 4.31. The van der Waals surface area contributed by atoms with Crippen LogP contribution in [0.2, 0.25) is 0 Å². The molecular formula is C19H23F2N3O2S. The molecule has 2 amide bonds. The summed E-state index contributed by atoms with van der Waals surface area (Å²) in [5, 5.41) is 3.49. The van der Waals surface area contributed by atoms with E-state index in [4.69, 9.17) is 4.74 Å². The fraction of sp³-hybridized carbons (Fsp3) is 0.579. The topological polar surface area (TPSA) is 54.5 Å². The molecule has 2 aromatic rings. The average Bonchev–Trinajstić information content (AvgIpc) is 3.06. The van der Waals surface area contributed by atoms with Crippen molar-refractivity contribution in [1.29, 1.82) is 0 Å². The number of nitrogens with one attached hydrogen (secondary N) is 1. The first kappa shape index (κ1) is 18.4. The Morgan fingerprint density at radius 2 is 1.89 bits per heavy atom. The van der Waals surface area contributed by atoms with Crippen molar-refractivity contribution in [2.45, 2.75) is 57.1 Å². The van der Waals surface area contributed by atoms with E-state index in [-0.39, 0.29) is 17.7 Å². The van der Waals surface area contributed by atoms with E-state index in [0.717, 1.165) is 30.2 Å². The van der Waals surface area contributed by atoms with Gasteiger partial charge >= 0.3 is 6.03 Å². The highest BCUT2D eigenvalue weighted by atomic mass is 32.1. The maximum absolute atomic E-state index is 13.8. The Balaban J connectivity index is 1.30. The molecule has 0 atom stereocenters. The number of piperidine rings is 1. The van der Waals surface area contributed by atoms with E-state index >= 15 is 0 Å². The smallest absolute Gasteiger partial charge is 0.317 e. The zero-order valence-corrected chi connectivity index (χ0v) is 15.9. The van der Waals surface area contributed by atoms with Crippen LogP contribution in [-0.2, 0) is 0 Å². The van der Waals surface area contributed by atoms with Gasteiger partial charge in [0.05, 0.1) is 4.70 Å². The molecule has 0 bridgehead atoms. The average molecular weight is 395 g/mol. The standard InChI is InChI=1S/C19H23F2N3O2S/c20-12-10-15(21)17-16(11-12)27-19(23-17)26-14-6-8-24(9-7-14)18(25)22-13-4-2-1-3-5-13/h10-11,13-14H,1-9H2,(H,22,25). The molecule has 0 radical (unpaired) electrons. The second-order valence-corrected chi connectivity index (χ2v) is 8.30. The molecule has 146 valence electrons. The molecule has 2 fully saturated rings. The Labute approximate surface area is 160 Å². The number of hydrogen-bond acceptors (Lipinski definition) is 4. The highest BCUT2D eigenvalue weighted by Gasteiger charge is 2.26. The molecule has 2 aliphatic rings. The zero-order chi connectivity index (χ0) is 18.8. The van der Waals surface area contributed by atoms with Gasteiger partial charge in [0.1, 0.15) is 17.4 Å². The quantitative estimate of drug-likeness (QED) is 0.835. The maximum Gasteiger partial charge on any atom is 0.317 e. The Morgan fingerprint density at radius 1 is 1.15 bits per heavy atom. The number of nitrogens with zero attached hydrogens (tertiary/aromatic N) is 2. The molecule has 1 saturated heterocycles. The number of urea groups is 1. The van der Waals surface area contributed by atoms with Crippen molar-refractivity contribution in [3.05, 3.63) is 23.8 Å². The van der Waals surface area contributed by atoms with Gasteiger partial charge in [-0.2, -0.15) is 4.98 Å². The van der Waals surface area contributed by atoms with E-state index in [9.17, 15) is 13.6 Å². The molecule has 2 heterocycles. The van der Waals surface area contributed by atoms with Crippen molar-refractivity contribution >= 4 is 27.6 Å². The number of amides is 2. The van der Waals surface area contributed by atoms with E-state index < -0.39 is 11.6 Å². The minimum atomic E-state index is -0.676. The number of likely N-dealkylation sites (tertiary alicyclic amines) is 1. The van der Waals surface area contributed by atoms with Gasteiger partial charge in [-0.3, -0.25) is 0 Å². The van der Waals surface area contributed by atoms with Gasteiger partial charge in [0.2, 0.25) is 0 Å². The second kappa shape index (κ2) is 7.96. The summed E-state index contributed by atoms with van der Waals surface area (Å²) in [7, 11) is 0. The number of halogens is 2. The van der Waals surface area contributed by atoms with Crippen LogP contribution in [0.3, 0.4) is 0 Å². The molecule has 4 rings (SSSR count). The highest BCUT2D eigenvalue weighted by Crippen LogP contribution is 2.32. The van der Waals surface area contributed by atoms with Gasteiger partial charge in [0.25, 0.3) is 5.19 Å². The van der Waals surface area contributed by atoms with Crippen molar-refractivity contribution < 1.29 is 18.3 Å². The van der Waals surface area contributed by atoms with Gasteiger partial charge in [-0.15, -0.1) is 0 Å². The van der Waals surface area contributed by atoms with Gasteiger partial charge in [-0.05, 0) is 18.9 Å². The third-order valence-electron chi connectivity index (χ3n) is 5.32. The van der Waals surface area contributed by atoms with Crippen LogP contribution in [0.25, 0.3) is 10.2 Å². The Kier molecular flexibility index (Phi) is 5.43. The number of fused-ring (bicyclic) bond motifs is 1. The lowest BCUT2D eigenvalue weighted by molar-refractivity contribution is 0.109. The Morgan fingerprint density at radius 3 is 2.63 bits per heavy atom. The lowest BCUT2D eigenvalue weighted by atomic mass is 9.96. The first-order valence-corrected chi connectivity index (χ1v) is 10.4. The molecule has 1 aromatic heterocycles. The molecule has 27 heavy (non-hydrogen) atoms. The summed E-state index contributed by atoms with van der Waals surface area (Å²) in [5.74, 6) is -1.29. The van der Waals surface area contributed by atoms with E-state index in [1.54, 1.807) is 0 Å². The number of thiazole rings is 1. The van der Waals surface area contributed by atoms with Gasteiger partial charge < -0.3 is 15.0 Å². The monoisotopic (exact) mass is 395 g/mol. The van der Waals surface area contributed by atoms with Crippen LogP contribution in [0.4, 0.5) is 13.6 Å². The molecule has 0 unspecified atom stereocenters. The summed E-state index contributed by atoms with van der Waals surface area (Å²) < 4.78 is 33.4. The largest absolute Gasteiger partial charge is 0.467 e. The maximum atomic E-state index is 13.8. The lowest BCUT2D eigenvalue weighted by Crippen LogP contribution is -2.49. The predicted octanol–water partition coefficient (Wildman–Crippen LogP) is 4.46. The van der Waals surface area contributed by atoms with Crippen LogP contribution in [0, 0.1) is 11.6 Å².